The van der Waals surface area contributed by atoms with Crippen molar-refractivity contribution in [1.29, 1.82) is 0 Å². The van der Waals surface area contributed by atoms with Crippen molar-refractivity contribution in [2.75, 3.05) is 0 Å². The lowest BCUT2D eigenvalue weighted by Gasteiger charge is -2.21. The van der Waals surface area contributed by atoms with Crippen LogP contribution in [-0.2, 0) is 5.41 Å². The molecular formula is C17H18NO+. The Bertz CT molecular complexity index is 769. The molecule has 3 aromatic rings. The minimum atomic E-state index is 0.0546. The second-order valence-electron chi connectivity index (χ2n) is 6.02. The number of pyridine rings is 2. The summed E-state index contributed by atoms with van der Waals surface area (Å²) in [6.45, 7) is 6.59. The molecule has 2 nitrogen and oxygen atoms in total. The molecule has 0 saturated heterocycles. The maximum Gasteiger partial charge on any atom is 0.211 e. The van der Waals surface area contributed by atoms with Gasteiger partial charge in [0.2, 0.25) is 5.52 Å². The molecule has 1 N–H and O–H groups in total. The van der Waals surface area contributed by atoms with Gasteiger partial charge in [-0.3, -0.25) is 0 Å². The zero-order valence-electron chi connectivity index (χ0n) is 11.5. The number of hydrogen-bond acceptors (Lipinski definition) is 1. The van der Waals surface area contributed by atoms with Crippen molar-refractivity contribution in [3.05, 3.63) is 54.4 Å². The summed E-state index contributed by atoms with van der Waals surface area (Å²) in [5.74, 6) is 0.334. The molecule has 19 heavy (non-hydrogen) atoms. The lowest BCUT2D eigenvalue weighted by atomic mass is 9.84. The van der Waals surface area contributed by atoms with Crippen LogP contribution in [0.25, 0.3) is 16.3 Å². The highest BCUT2D eigenvalue weighted by atomic mass is 16.3. The van der Waals surface area contributed by atoms with Gasteiger partial charge in [0.25, 0.3) is 0 Å². The third-order valence-electron chi connectivity index (χ3n) is 3.56. The first kappa shape index (κ1) is 12.0. The number of aromatic nitrogens is 1. The van der Waals surface area contributed by atoms with E-state index in [4.69, 9.17) is 0 Å². The molecule has 2 heteroatoms. The van der Waals surface area contributed by atoms with Crippen LogP contribution in [0.4, 0.5) is 0 Å². The summed E-state index contributed by atoms with van der Waals surface area (Å²) in [6.07, 6.45) is 3.99. The number of benzene rings is 1. The van der Waals surface area contributed by atoms with Crippen LogP contribution in [0.3, 0.4) is 0 Å². The summed E-state index contributed by atoms with van der Waals surface area (Å²) < 4.78 is 2.04. The van der Waals surface area contributed by atoms with Gasteiger partial charge >= 0.3 is 0 Å². The topological polar surface area (TPSA) is 24.3 Å². The Morgan fingerprint density at radius 1 is 1.00 bits per heavy atom. The van der Waals surface area contributed by atoms with Crippen LogP contribution < -0.4 is 4.40 Å². The summed E-state index contributed by atoms with van der Waals surface area (Å²) in [7, 11) is 0. The van der Waals surface area contributed by atoms with Crippen molar-refractivity contribution in [2.45, 2.75) is 26.2 Å². The Kier molecular flexibility index (Phi) is 2.49. The number of aromatic hydroxyl groups is 1. The summed E-state index contributed by atoms with van der Waals surface area (Å²) in [6, 6.07) is 12.1. The predicted molar refractivity (Wildman–Crippen MR) is 77.5 cm³/mol. The molecule has 0 aliphatic rings. The Labute approximate surface area is 112 Å². The van der Waals surface area contributed by atoms with Crippen molar-refractivity contribution < 1.29 is 9.51 Å². The maximum absolute atomic E-state index is 10.1. The normalized spacial score (nSPS) is 12.2. The van der Waals surface area contributed by atoms with E-state index in [9.17, 15) is 5.11 Å². The molecule has 0 spiro atoms. The molecule has 0 amide bonds. The molecular weight excluding hydrogens is 234 g/mol. The first-order chi connectivity index (χ1) is 8.97. The monoisotopic (exact) mass is 252 g/mol. The van der Waals surface area contributed by atoms with E-state index in [0.29, 0.717) is 5.75 Å². The fourth-order valence-corrected chi connectivity index (χ4v) is 2.57. The smallest absolute Gasteiger partial charge is 0.211 e. The fraction of sp³-hybridized carbons (Fsp3) is 0.235. The first-order valence-electron chi connectivity index (χ1n) is 6.53. The Morgan fingerprint density at radius 2 is 1.79 bits per heavy atom. The van der Waals surface area contributed by atoms with E-state index >= 15 is 0 Å². The predicted octanol–water partition coefficient (Wildman–Crippen LogP) is 3.58. The fourth-order valence-electron chi connectivity index (χ4n) is 2.57. The van der Waals surface area contributed by atoms with Gasteiger partial charge in [0, 0.05) is 23.6 Å². The molecule has 3 rings (SSSR count). The second-order valence-corrected chi connectivity index (χ2v) is 6.02. The first-order valence-corrected chi connectivity index (χ1v) is 6.53. The van der Waals surface area contributed by atoms with E-state index in [-0.39, 0.29) is 5.41 Å². The number of rotatable bonds is 0. The van der Waals surface area contributed by atoms with E-state index in [1.165, 1.54) is 5.56 Å². The quantitative estimate of drug-likeness (QED) is 0.480. The van der Waals surface area contributed by atoms with E-state index in [2.05, 4.69) is 32.9 Å². The molecule has 2 heterocycles. The Morgan fingerprint density at radius 3 is 2.53 bits per heavy atom. The third kappa shape index (κ3) is 1.93. The summed E-state index contributed by atoms with van der Waals surface area (Å²) in [4.78, 5) is 0. The van der Waals surface area contributed by atoms with E-state index in [0.717, 1.165) is 16.3 Å². The van der Waals surface area contributed by atoms with Gasteiger partial charge in [-0.2, -0.15) is 4.40 Å². The molecule has 2 aromatic heterocycles. The number of hydrogen-bond donors (Lipinski definition) is 1. The van der Waals surface area contributed by atoms with Crippen LogP contribution in [0.5, 0.6) is 5.75 Å². The van der Waals surface area contributed by atoms with Gasteiger partial charge in [0.05, 0.1) is 5.39 Å². The molecule has 0 bridgehead atoms. The zero-order chi connectivity index (χ0) is 13.6. The molecule has 0 atom stereocenters. The molecule has 0 aliphatic carbocycles. The average molecular weight is 252 g/mol. The van der Waals surface area contributed by atoms with Gasteiger partial charge in [-0.15, -0.1) is 0 Å². The van der Waals surface area contributed by atoms with E-state index < -0.39 is 0 Å². The van der Waals surface area contributed by atoms with Gasteiger partial charge < -0.3 is 5.11 Å². The lowest BCUT2D eigenvalue weighted by molar-refractivity contribution is -0.510. The van der Waals surface area contributed by atoms with Gasteiger partial charge in [-0.05, 0) is 23.1 Å². The van der Waals surface area contributed by atoms with Crippen molar-refractivity contribution in [2.24, 2.45) is 0 Å². The maximum atomic E-state index is 10.1. The lowest BCUT2D eigenvalue weighted by Crippen LogP contribution is -2.20. The molecule has 0 unspecified atom stereocenters. The van der Waals surface area contributed by atoms with Crippen LogP contribution >= 0.6 is 0 Å². The molecule has 0 fully saturated rings. The third-order valence-corrected chi connectivity index (χ3v) is 3.56. The highest BCUT2D eigenvalue weighted by Gasteiger charge is 2.20. The van der Waals surface area contributed by atoms with Gasteiger partial charge in [-0.1, -0.05) is 26.8 Å². The number of phenolic OH excluding ortho intramolecular Hbond substituents is 1. The molecule has 0 saturated carbocycles. The summed E-state index contributed by atoms with van der Waals surface area (Å²) >= 11 is 0. The molecule has 96 valence electrons. The molecule has 0 aliphatic heterocycles. The molecule has 0 radical (unpaired) electrons. The number of fused-ring (bicyclic) bond motifs is 2. The second kappa shape index (κ2) is 3.95. The minimum Gasteiger partial charge on any atom is -0.507 e. The molecule has 1 aromatic carbocycles. The largest absolute Gasteiger partial charge is 0.507 e. The highest BCUT2D eigenvalue weighted by Crippen LogP contribution is 2.34. The van der Waals surface area contributed by atoms with Gasteiger partial charge in [-0.25, -0.2) is 0 Å². The van der Waals surface area contributed by atoms with Crippen LogP contribution in [-0.4, -0.2) is 5.11 Å². The van der Waals surface area contributed by atoms with Crippen molar-refractivity contribution in [1.82, 2.24) is 0 Å². The average Bonchev–Trinajstić information content (AvgIpc) is 2.36. The van der Waals surface area contributed by atoms with Crippen molar-refractivity contribution in [3.8, 4) is 5.75 Å². The van der Waals surface area contributed by atoms with Gasteiger partial charge in [0.1, 0.15) is 5.75 Å². The van der Waals surface area contributed by atoms with Crippen LogP contribution in [0.2, 0.25) is 0 Å². The zero-order valence-corrected chi connectivity index (χ0v) is 11.5. The highest BCUT2D eigenvalue weighted by molar-refractivity contribution is 5.92. The van der Waals surface area contributed by atoms with Crippen LogP contribution in [0.1, 0.15) is 26.3 Å². The summed E-state index contributed by atoms with van der Waals surface area (Å²) in [5.41, 5.74) is 2.44. The van der Waals surface area contributed by atoms with Crippen molar-refractivity contribution in [3.63, 3.8) is 0 Å². The number of nitrogens with zero attached hydrogens (tertiary/aromatic N) is 1. The SMILES string of the molecule is CC(C)(C)c1ccc(O)c2c[n+]3ccccc3cc12. The standard InChI is InChI=1S/C17H17NO/c1-17(2,3)15-7-8-16(19)14-11-18-9-5-4-6-12(18)10-13(14)15/h4-11H,1-3H3/p+1. The van der Waals surface area contributed by atoms with E-state index in [1.807, 2.05) is 35.0 Å². The van der Waals surface area contributed by atoms with Crippen molar-refractivity contribution >= 4 is 16.3 Å². The summed E-state index contributed by atoms with van der Waals surface area (Å²) in [5, 5.41) is 12.1. The van der Waals surface area contributed by atoms with Crippen LogP contribution in [0, 0.1) is 0 Å². The Balaban J connectivity index is 2.48. The van der Waals surface area contributed by atoms with E-state index in [1.54, 1.807) is 6.07 Å². The van der Waals surface area contributed by atoms with Crippen LogP contribution in [0.15, 0.2) is 48.8 Å². The van der Waals surface area contributed by atoms with Gasteiger partial charge in [0.15, 0.2) is 12.4 Å². The Hall–Kier alpha value is -2.09. The minimum absolute atomic E-state index is 0.0546. The number of phenols is 1.